The summed E-state index contributed by atoms with van der Waals surface area (Å²) < 4.78 is 0.880. The Morgan fingerprint density at radius 3 is 2.92 bits per heavy atom. The predicted molar refractivity (Wildman–Crippen MR) is 55.5 cm³/mol. The average Bonchev–Trinajstić information content (AvgIpc) is 2.47. The number of fused-ring (bicyclic) bond motifs is 1. The van der Waals surface area contributed by atoms with Crippen molar-refractivity contribution in [3.63, 3.8) is 0 Å². The highest BCUT2D eigenvalue weighted by Gasteiger charge is 2.07. The van der Waals surface area contributed by atoms with Gasteiger partial charge in [0.2, 0.25) is 0 Å². The van der Waals surface area contributed by atoms with Crippen LogP contribution in [0.15, 0.2) is 22.4 Å². The molecule has 1 aromatic carbocycles. The van der Waals surface area contributed by atoms with Crippen molar-refractivity contribution in [1.82, 2.24) is 0 Å². The Labute approximate surface area is 84.5 Å². The van der Waals surface area contributed by atoms with Gasteiger partial charge in [0.25, 0.3) is 0 Å². The van der Waals surface area contributed by atoms with Gasteiger partial charge in [0.1, 0.15) is 11.8 Å². The van der Waals surface area contributed by atoms with Gasteiger partial charge in [-0.05, 0) is 12.1 Å². The SMILES string of the molecule is N#Cc1cc(O)cc2c(S)csc12. The summed E-state index contributed by atoms with van der Waals surface area (Å²) >= 11 is 5.69. The first-order valence-corrected chi connectivity index (χ1v) is 4.88. The first-order chi connectivity index (χ1) is 6.22. The zero-order chi connectivity index (χ0) is 9.42. The van der Waals surface area contributed by atoms with Crippen LogP contribution < -0.4 is 0 Å². The van der Waals surface area contributed by atoms with Gasteiger partial charge in [-0.15, -0.1) is 24.0 Å². The molecule has 4 heteroatoms. The maximum absolute atomic E-state index is 9.30. The minimum atomic E-state index is 0.109. The standard InChI is InChI=1S/C9H5NOS2/c10-3-5-1-6(11)2-7-8(12)4-13-9(5)7/h1-2,4,11-12H. The normalized spacial score (nSPS) is 10.2. The Bertz CT molecular complexity index is 510. The van der Waals surface area contributed by atoms with Crippen LogP contribution in [0.5, 0.6) is 5.75 Å². The molecule has 1 aromatic heterocycles. The third-order valence-electron chi connectivity index (χ3n) is 1.76. The van der Waals surface area contributed by atoms with E-state index in [0.29, 0.717) is 5.56 Å². The average molecular weight is 207 g/mol. The van der Waals surface area contributed by atoms with Gasteiger partial charge in [0.05, 0.1) is 10.3 Å². The van der Waals surface area contributed by atoms with Crippen molar-refractivity contribution in [2.75, 3.05) is 0 Å². The minimum Gasteiger partial charge on any atom is -0.508 e. The molecular weight excluding hydrogens is 202 g/mol. The fraction of sp³-hybridized carbons (Fsp3) is 0. The monoisotopic (exact) mass is 207 g/mol. The number of rotatable bonds is 0. The van der Waals surface area contributed by atoms with Crippen LogP contribution in [0.2, 0.25) is 0 Å². The van der Waals surface area contributed by atoms with E-state index in [-0.39, 0.29) is 5.75 Å². The molecule has 0 aliphatic heterocycles. The lowest BCUT2D eigenvalue weighted by Gasteiger charge is -1.95. The molecule has 2 rings (SSSR count). The van der Waals surface area contributed by atoms with Crippen molar-refractivity contribution < 1.29 is 5.11 Å². The number of hydrogen-bond acceptors (Lipinski definition) is 4. The molecule has 0 bridgehead atoms. The number of benzene rings is 1. The third-order valence-corrected chi connectivity index (χ3v) is 3.33. The number of phenols is 1. The molecule has 0 radical (unpaired) electrons. The molecule has 0 aliphatic carbocycles. The molecule has 1 N–H and O–H groups in total. The third kappa shape index (κ3) is 1.26. The summed E-state index contributed by atoms with van der Waals surface area (Å²) in [5.41, 5.74) is 0.500. The van der Waals surface area contributed by atoms with Crippen LogP contribution in [-0.2, 0) is 0 Å². The van der Waals surface area contributed by atoms with Crippen molar-refractivity contribution in [3.8, 4) is 11.8 Å². The summed E-state index contributed by atoms with van der Waals surface area (Å²) in [5.74, 6) is 0.109. The highest BCUT2D eigenvalue weighted by molar-refractivity contribution is 7.80. The van der Waals surface area contributed by atoms with Crippen LogP contribution in [0, 0.1) is 11.3 Å². The fourth-order valence-corrected chi connectivity index (χ4v) is 2.49. The summed E-state index contributed by atoms with van der Waals surface area (Å²) in [4.78, 5) is 0.799. The predicted octanol–water partition coefficient (Wildman–Crippen LogP) is 2.77. The molecular formula is C9H5NOS2. The van der Waals surface area contributed by atoms with Gasteiger partial charge < -0.3 is 5.11 Å². The number of hydrogen-bond donors (Lipinski definition) is 2. The van der Waals surface area contributed by atoms with Crippen molar-refractivity contribution in [3.05, 3.63) is 23.1 Å². The molecule has 0 unspecified atom stereocenters. The molecule has 0 saturated heterocycles. The van der Waals surface area contributed by atoms with Gasteiger partial charge in [-0.1, -0.05) is 0 Å². The summed E-state index contributed by atoms with van der Waals surface area (Å²) in [5, 5.41) is 20.8. The number of thiol groups is 1. The molecule has 0 atom stereocenters. The number of phenolic OH excluding ortho intramolecular Hbond substituents is 1. The molecule has 0 spiro atoms. The van der Waals surface area contributed by atoms with Crippen molar-refractivity contribution in [2.45, 2.75) is 4.90 Å². The Morgan fingerprint density at radius 1 is 1.46 bits per heavy atom. The van der Waals surface area contributed by atoms with Crippen LogP contribution in [-0.4, -0.2) is 5.11 Å². The van der Waals surface area contributed by atoms with E-state index in [9.17, 15) is 5.11 Å². The zero-order valence-electron chi connectivity index (χ0n) is 6.48. The van der Waals surface area contributed by atoms with E-state index in [2.05, 4.69) is 12.6 Å². The van der Waals surface area contributed by atoms with Crippen molar-refractivity contribution >= 4 is 34.1 Å². The maximum Gasteiger partial charge on any atom is 0.117 e. The summed E-state index contributed by atoms with van der Waals surface area (Å²) in [7, 11) is 0. The van der Waals surface area contributed by atoms with Crippen LogP contribution in [0.1, 0.15) is 5.56 Å². The number of nitrogens with zero attached hydrogens (tertiary/aromatic N) is 1. The van der Waals surface area contributed by atoms with E-state index in [0.717, 1.165) is 15.0 Å². The molecule has 0 amide bonds. The molecule has 1 heterocycles. The largest absolute Gasteiger partial charge is 0.508 e. The Kier molecular flexibility index (Phi) is 1.91. The van der Waals surface area contributed by atoms with E-state index in [1.54, 1.807) is 6.07 Å². The van der Waals surface area contributed by atoms with Crippen LogP contribution >= 0.6 is 24.0 Å². The lowest BCUT2D eigenvalue weighted by molar-refractivity contribution is 0.476. The Balaban J connectivity index is 2.94. The molecule has 2 aromatic rings. The van der Waals surface area contributed by atoms with Crippen LogP contribution in [0.25, 0.3) is 10.1 Å². The lowest BCUT2D eigenvalue weighted by atomic mass is 10.2. The second kappa shape index (κ2) is 2.95. The van der Waals surface area contributed by atoms with Gasteiger partial charge in [-0.2, -0.15) is 5.26 Å². The van der Waals surface area contributed by atoms with Gasteiger partial charge in [0, 0.05) is 15.7 Å². The topological polar surface area (TPSA) is 44.0 Å². The van der Waals surface area contributed by atoms with E-state index >= 15 is 0 Å². The second-order valence-corrected chi connectivity index (χ2v) is 3.96. The number of thiophene rings is 1. The molecule has 2 nitrogen and oxygen atoms in total. The quantitative estimate of drug-likeness (QED) is 0.652. The maximum atomic E-state index is 9.30. The molecule has 64 valence electrons. The van der Waals surface area contributed by atoms with Crippen LogP contribution in [0.3, 0.4) is 0 Å². The lowest BCUT2D eigenvalue weighted by Crippen LogP contribution is -1.74. The van der Waals surface area contributed by atoms with Crippen molar-refractivity contribution in [1.29, 1.82) is 5.26 Å². The number of aromatic hydroxyl groups is 1. The molecule has 0 fully saturated rings. The molecule has 13 heavy (non-hydrogen) atoms. The molecule has 0 saturated carbocycles. The first kappa shape index (κ1) is 8.42. The Hall–Kier alpha value is -1.18. The zero-order valence-corrected chi connectivity index (χ0v) is 8.19. The highest BCUT2D eigenvalue weighted by atomic mass is 32.1. The molecule has 0 aliphatic rings. The second-order valence-electron chi connectivity index (χ2n) is 2.60. The van der Waals surface area contributed by atoms with E-state index in [4.69, 9.17) is 5.26 Å². The minimum absolute atomic E-state index is 0.109. The smallest absolute Gasteiger partial charge is 0.117 e. The van der Waals surface area contributed by atoms with E-state index in [1.165, 1.54) is 17.4 Å². The van der Waals surface area contributed by atoms with Gasteiger partial charge in [-0.3, -0.25) is 0 Å². The summed E-state index contributed by atoms with van der Waals surface area (Å²) in [6, 6.07) is 5.12. The highest BCUT2D eigenvalue weighted by Crippen LogP contribution is 2.33. The van der Waals surface area contributed by atoms with Crippen LogP contribution in [0.4, 0.5) is 0 Å². The fourth-order valence-electron chi connectivity index (χ4n) is 1.19. The van der Waals surface area contributed by atoms with Gasteiger partial charge in [-0.25, -0.2) is 0 Å². The van der Waals surface area contributed by atoms with E-state index < -0.39 is 0 Å². The number of nitriles is 1. The first-order valence-electron chi connectivity index (χ1n) is 3.55. The van der Waals surface area contributed by atoms with Crippen molar-refractivity contribution in [2.24, 2.45) is 0 Å². The summed E-state index contributed by atoms with van der Waals surface area (Å²) in [6.45, 7) is 0. The van der Waals surface area contributed by atoms with Gasteiger partial charge >= 0.3 is 0 Å². The Morgan fingerprint density at radius 2 is 2.23 bits per heavy atom. The van der Waals surface area contributed by atoms with E-state index in [1.807, 2.05) is 11.4 Å². The van der Waals surface area contributed by atoms with Gasteiger partial charge in [0.15, 0.2) is 0 Å². The summed E-state index contributed by atoms with van der Waals surface area (Å²) in [6.07, 6.45) is 0.